The topological polar surface area (TPSA) is 50.7 Å². The summed E-state index contributed by atoms with van der Waals surface area (Å²) in [6.45, 7) is 3.08. The first-order chi connectivity index (χ1) is 10.2. The lowest BCUT2D eigenvalue weighted by Crippen LogP contribution is -2.38. The normalized spacial score (nSPS) is 17.3. The molecule has 21 heavy (non-hydrogen) atoms. The Bertz CT molecular complexity index is 403. The third-order valence-corrected chi connectivity index (χ3v) is 3.95. The number of methoxy groups -OCH3 is 1. The van der Waals surface area contributed by atoms with Crippen molar-refractivity contribution in [3.63, 3.8) is 0 Å². The van der Waals surface area contributed by atoms with Gasteiger partial charge in [-0.15, -0.1) is 0 Å². The Morgan fingerprint density at radius 3 is 2.48 bits per heavy atom. The van der Waals surface area contributed by atoms with Crippen LogP contribution >= 0.6 is 0 Å². The van der Waals surface area contributed by atoms with Crippen LogP contribution in [0.15, 0.2) is 24.3 Å². The standard InChI is InChI=1S/C17H27NO3/c1-3-14(10-13-4-5-13)18-11-15(19)12-21-17-8-6-16(20-2)7-9-17/h6-9,13-15,18-19H,3-5,10-12H2,1-2H3. The molecule has 2 rings (SSSR count). The fourth-order valence-electron chi connectivity index (χ4n) is 2.38. The minimum absolute atomic E-state index is 0.305. The molecule has 0 amide bonds. The second-order valence-electron chi connectivity index (χ2n) is 5.83. The first kappa shape index (κ1) is 16.1. The van der Waals surface area contributed by atoms with Crippen molar-refractivity contribution < 1.29 is 14.6 Å². The van der Waals surface area contributed by atoms with Gasteiger partial charge < -0.3 is 19.9 Å². The maximum atomic E-state index is 9.99. The lowest BCUT2D eigenvalue weighted by atomic mass is 10.1. The minimum Gasteiger partial charge on any atom is -0.497 e. The zero-order valence-corrected chi connectivity index (χ0v) is 13.0. The van der Waals surface area contributed by atoms with Gasteiger partial charge in [-0.1, -0.05) is 19.8 Å². The second kappa shape index (κ2) is 8.25. The van der Waals surface area contributed by atoms with Crippen molar-refractivity contribution in [2.24, 2.45) is 5.92 Å². The lowest BCUT2D eigenvalue weighted by molar-refractivity contribution is 0.103. The summed E-state index contributed by atoms with van der Waals surface area (Å²) in [6.07, 6.45) is 4.62. The number of benzene rings is 1. The highest BCUT2D eigenvalue weighted by Crippen LogP contribution is 2.33. The summed E-state index contributed by atoms with van der Waals surface area (Å²) in [4.78, 5) is 0. The van der Waals surface area contributed by atoms with Crippen LogP contribution in [0.25, 0.3) is 0 Å². The molecule has 1 fully saturated rings. The van der Waals surface area contributed by atoms with Crippen LogP contribution in [0.1, 0.15) is 32.6 Å². The molecule has 0 aromatic heterocycles. The van der Waals surface area contributed by atoms with Gasteiger partial charge in [-0.05, 0) is 43.0 Å². The van der Waals surface area contributed by atoms with Gasteiger partial charge in [-0.3, -0.25) is 0 Å². The summed E-state index contributed by atoms with van der Waals surface area (Å²) >= 11 is 0. The summed E-state index contributed by atoms with van der Waals surface area (Å²) in [5, 5.41) is 13.4. The lowest BCUT2D eigenvalue weighted by Gasteiger charge is -2.19. The minimum atomic E-state index is -0.486. The van der Waals surface area contributed by atoms with Gasteiger partial charge in [-0.2, -0.15) is 0 Å². The molecule has 0 saturated heterocycles. The van der Waals surface area contributed by atoms with Crippen LogP contribution in [0.2, 0.25) is 0 Å². The summed E-state index contributed by atoms with van der Waals surface area (Å²) in [6, 6.07) is 7.92. The van der Waals surface area contributed by atoms with Gasteiger partial charge in [-0.25, -0.2) is 0 Å². The molecule has 1 aliphatic carbocycles. The van der Waals surface area contributed by atoms with Gasteiger partial charge >= 0.3 is 0 Å². The van der Waals surface area contributed by atoms with Crippen LogP contribution in [0.3, 0.4) is 0 Å². The maximum absolute atomic E-state index is 9.99. The highest BCUT2D eigenvalue weighted by atomic mass is 16.5. The molecule has 0 bridgehead atoms. The highest BCUT2D eigenvalue weighted by molar-refractivity contribution is 5.31. The summed E-state index contributed by atoms with van der Waals surface area (Å²) in [7, 11) is 1.64. The van der Waals surface area contributed by atoms with E-state index in [1.807, 2.05) is 24.3 Å². The van der Waals surface area contributed by atoms with Crippen LogP contribution in [-0.4, -0.2) is 37.5 Å². The number of hydrogen-bond donors (Lipinski definition) is 2. The second-order valence-corrected chi connectivity index (χ2v) is 5.83. The predicted octanol–water partition coefficient (Wildman–Crippen LogP) is 2.60. The number of ether oxygens (including phenoxy) is 2. The van der Waals surface area contributed by atoms with Gasteiger partial charge in [0.1, 0.15) is 24.2 Å². The monoisotopic (exact) mass is 293 g/mol. The number of aliphatic hydroxyl groups is 1. The molecule has 0 spiro atoms. The average molecular weight is 293 g/mol. The van der Waals surface area contributed by atoms with E-state index in [-0.39, 0.29) is 0 Å². The molecule has 118 valence electrons. The Balaban J connectivity index is 1.64. The Labute approximate surface area is 127 Å². The third kappa shape index (κ3) is 5.94. The van der Waals surface area contributed by atoms with E-state index >= 15 is 0 Å². The van der Waals surface area contributed by atoms with E-state index in [0.717, 1.165) is 23.8 Å². The van der Waals surface area contributed by atoms with Crippen molar-refractivity contribution in [3.8, 4) is 11.5 Å². The van der Waals surface area contributed by atoms with Gasteiger partial charge in [0, 0.05) is 12.6 Å². The van der Waals surface area contributed by atoms with E-state index in [4.69, 9.17) is 9.47 Å². The molecule has 1 aromatic carbocycles. The van der Waals surface area contributed by atoms with Gasteiger partial charge in [0.05, 0.1) is 7.11 Å². The fraction of sp³-hybridized carbons (Fsp3) is 0.647. The molecular formula is C17H27NO3. The van der Waals surface area contributed by atoms with Crippen LogP contribution in [0.5, 0.6) is 11.5 Å². The molecule has 1 saturated carbocycles. The Morgan fingerprint density at radius 2 is 1.90 bits per heavy atom. The molecule has 2 atom stereocenters. The van der Waals surface area contributed by atoms with Crippen molar-refractivity contribution in [1.82, 2.24) is 5.32 Å². The molecular weight excluding hydrogens is 266 g/mol. The predicted molar refractivity (Wildman–Crippen MR) is 83.9 cm³/mol. The molecule has 0 radical (unpaired) electrons. The van der Waals surface area contributed by atoms with E-state index in [2.05, 4.69) is 12.2 Å². The zero-order chi connectivity index (χ0) is 15.1. The van der Waals surface area contributed by atoms with Gasteiger partial charge in [0.25, 0.3) is 0 Å². The molecule has 2 N–H and O–H groups in total. The quantitative estimate of drug-likeness (QED) is 0.696. The first-order valence-electron chi connectivity index (χ1n) is 7.89. The SMILES string of the molecule is CCC(CC1CC1)NCC(O)COc1ccc(OC)cc1. The van der Waals surface area contributed by atoms with Crippen molar-refractivity contribution in [1.29, 1.82) is 0 Å². The van der Waals surface area contributed by atoms with E-state index < -0.39 is 6.10 Å². The molecule has 0 aliphatic heterocycles. The maximum Gasteiger partial charge on any atom is 0.119 e. The largest absolute Gasteiger partial charge is 0.497 e. The van der Waals surface area contributed by atoms with Gasteiger partial charge in [0.2, 0.25) is 0 Å². The van der Waals surface area contributed by atoms with Gasteiger partial charge in [0.15, 0.2) is 0 Å². The van der Waals surface area contributed by atoms with E-state index in [0.29, 0.717) is 19.2 Å². The fourth-order valence-corrected chi connectivity index (χ4v) is 2.38. The molecule has 4 heteroatoms. The van der Waals surface area contributed by atoms with E-state index in [9.17, 15) is 5.11 Å². The number of rotatable bonds is 10. The molecule has 2 unspecified atom stereocenters. The number of hydrogen-bond acceptors (Lipinski definition) is 4. The Morgan fingerprint density at radius 1 is 1.24 bits per heavy atom. The van der Waals surface area contributed by atoms with E-state index in [1.165, 1.54) is 19.3 Å². The summed E-state index contributed by atoms with van der Waals surface area (Å²) in [5.41, 5.74) is 0. The zero-order valence-electron chi connectivity index (χ0n) is 13.0. The Kier molecular flexibility index (Phi) is 6.33. The highest BCUT2D eigenvalue weighted by Gasteiger charge is 2.24. The Hall–Kier alpha value is -1.26. The van der Waals surface area contributed by atoms with Crippen LogP contribution in [0, 0.1) is 5.92 Å². The van der Waals surface area contributed by atoms with Crippen LogP contribution < -0.4 is 14.8 Å². The summed E-state index contributed by atoms with van der Waals surface area (Å²) < 4.78 is 10.7. The van der Waals surface area contributed by atoms with Crippen molar-refractivity contribution in [3.05, 3.63) is 24.3 Å². The molecule has 0 heterocycles. The van der Waals surface area contributed by atoms with Crippen LogP contribution in [0.4, 0.5) is 0 Å². The van der Waals surface area contributed by atoms with Crippen molar-refractivity contribution >= 4 is 0 Å². The average Bonchev–Trinajstić information content (AvgIpc) is 3.33. The number of aliphatic hydroxyl groups excluding tert-OH is 1. The first-order valence-corrected chi connectivity index (χ1v) is 7.89. The summed E-state index contributed by atoms with van der Waals surface area (Å²) in [5.74, 6) is 2.46. The molecule has 1 aromatic rings. The van der Waals surface area contributed by atoms with Crippen LogP contribution in [-0.2, 0) is 0 Å². The van der Waals surface area contributed by atoms with E-state index in [1.54, 1.807) is 7.11 Å². The third-order valence-electron chi connectivity index (χ3n) is 3.95. The smallest absolute Gasteiger partial charge is 0.119 e. The number of nitrogens with one attached hydrogen (secondary N) is 1. The van der Waals surface area contributed by atoms with Crippen molar-refractivity contribution in [2.75, 3.05) is 20.3 Å². The molecule has 4 nitrogen and oxygen atoms in total. The van der Waals surface area contributed by atoms with Crippen molar-refractivity contribution in [2.45, 2.75) is 44.8 Å². The molecule has 1 aliphatic rings.